The first-order chi connectivity index (χ1) is 18.2. The van der Waals surface area contributed by atoms with Crippen LogP contribution in [-0.4, -0.2) is 38.3 Å². The van der Waals surface area contributed by atoms with Gasteiger partial charge in [-0.15, -0.1) is 0 Å². The number of sulfone groups is 1. The predicted molar refractivity (Wildman–Crippen MR) is 128 cm³/mol. The van der Waals surface area contributed by atoms with Gasteiger partial charge in [0.1, 0.15) is 10.6 Å². The van der Waals surface area contributed by atoms with Crippen LogP contribution >= 0.6 is 0 Å². The Kier molecular flexibility index (Phi) is 7.10. The van der Waals surface area contributed by atoms with E-state index in [2.05, 4.69) is 5.32 Å². The van der Waals surface area contributed by atoms with E-state index in [-0.39, 0.29) is 41.7 Å². The third-order valence-corrected chi connectivity index (χ3v) is 10.5. The van der Waals surface area contributed by atoms with Crippen LogP contribution in [0.4, 0.5) is 35.1 Å². The van der Waals surface area contributed by atoms with E-state index >= 15 is 0 Å². The molecule has 3 N–H and O–H groups in total. The van der Waals surface area contributed by atoms with Gasteiger partial charge in [-0.3, -0.25) is 4.79 Å². The first-order valence-corrected chi connectivity index (χ1v) is 13.7. The number of nitrogens with two attached hydrogens (primary N) is 1. The molecule has 1 amide bonds. The van der Waals surface area contributed by atoms with Gasteiger partial charge in [-0.2, -0.15) is 26.3 Å². The van der Waals surface area contributed by atoms with E-state index in [1.807, 2.05) is 0 Å². The second-order valence-electron chi connectivity index (χ2n) is 10.9. The van der Waals surface area contributed by atoms with Crippen LogP contribution in [-0.2, 0) is 31.5 Å². The molecule has 14 heteroatoms. The molecule has 2 aromatic carbocycles. The van der Waals surface area contributed by atoms with Gasteiger partial charge in [0.2, 0.25) is 5.91 Å². The number of hydrogen-bond acceptors (Lipinski definition) is 4. The zero-order valence-corrected chi connectivity index (χ0v) is 22.1. The third-order valence-electron chi connectivity index (χ3n) is 7.88. The van der Waals surface area contributed by atoms with Gasteiger partial charge in [-0.25, -0.2) is 17.2 Å². The van der Waals surface area contributed by atoms with Crippen LogP contribution in [0.5, 0.6) is 0 Å². The van der Waals surface area contributed by atoms with E-state index in [1.54, 1.807) is 0 Å². The number of benzene rings is 2. The van der Waals surface area contributed by atoms with Gasteiger partial charge in [0, 0.05) is 17.5 Å². The summed E-state index contributed by atoms with van der Waals surface area (Å²) in [5, 5.41) is 2.74. The van der Waals surface area contributed by atoms with Gasteiger partial charge in [0.05, 0.1) is 10.4 Å². The molecule has 0 spiro atoms. The van der Waals surface area contributed by atoms with Crippen LogP contribution in [0, 0.1) is 11.7 Å². The largest absolute Gasteiger partial charge is 0.435 e. The lowest BCUT2D eigenvalue weighted by Gasteiger charge is -2.43. The van der Waals surface area contributed by atoms with Gasteiger partial charge in [0.25, 0.3) is 0 Å². The Morgan fingerprint density at radius 3 is 2.05 bits per heavy atom. The van der Waals surface area contributed by atoms with Crippen LogP contribution in [0.3, 0.4) is 0 Å². The molecule has 0 saturated heterocycles. The Morgan fingerprint density at radius 2 is 1.52 bits per heavy atom. The molecular weight excluding hydrogens is 572 g/mol. The number of alkyl halides is 7. The number of carbonyl (C=O) groups excluding carboxylic acids is 1. The fourth-order valence-electron chi connectivity index (χ4n) is 5.91. The molecule has 1 saturated carbocycles. The Balaban J connectivity index is 1.92. The van der Waals surface area contributed by atoms with Crippen LogP contribution in [0.15, 0.2) is 47.4 Å². The molecule has 5 nitrogen and oxygen atoms in total. The molecule has 220 valence electrons. The van der Waals surface area contributed by atoms with Crippen molar-refractivity contribution in [2.24, 2.45) is 11.7 Å². The SMILES string of the molecule is CC(C)(N)C(=O)N[C@@H]1CC[C@@]2(S(=O)(=O)c3ccc(F)cc3)c3ccc(C(F)(C(F)(F)F)C(F)(F)F)cc3CC[C@@H]12. The summed E-state index contributed by atoms with van der Waals surface area (Å²) in [6, 6.07) is 4.58. The summed E-state index contributed by atoms with van der Waals surface area (Å²) in [6.45, 7) is 2.87. The minimum absolute atomic E-state index is 0.0653. The summed E-state index contributed by atoms with van der Waals surface area (Å²) in [7, 11) is -4.49. The molecule has 3 atom stereocenters. The molecule has 0 heterocycles. The van der Waals surface area contributed by atoms with E-state index in [9.17, 15) is 48.3 Å². The molecule has 0 unspecified atom stereocenters. The van der Waals surface area contributed by atoms with Crippen molar-refractivity contribution in [3.8, 4) is 0 Å². The fourth-order valence-corrected chi connectivity index (χ4v) is 8.38. The van der Waals surface area contributed by atoms with E-state index in [0.717, 1.165) is 30.3 Å². The maximum absolute atomic E-state index is 14.9. The fraction of sp³-hybridized carbons (Fsp3) is 0.500. The highest BCUT2D eigenvalue weighted by atomic mass is 32.2. The minimum Gasteiger partial charge on any atom is -0.351 e. The van der Waals surface area contributed by atoms with Crippen molar-refractivity contribution < 1.29 is 48.3 Å². The average Bonchev–Trinajstić information content (AvgIpc) is 3.21. The van der Waals surface area contributed by atoms with Gasteiger partial charge >= 0.3 is 18.0 Å². The highest BCUT2D eigenvalue weighted by Crippen LogP contribution is 2.59. The lowest BCUT2D eigenvalue weighted by molar-refractivity contribution is -0.348. The Bertz CT molecular complexity index is 1400. The van der Waals surface area contributed by atoms with Crippen molar-refractivity contribution in [3.05, 3.63) is 65.0 Å². The van der Waals surface area contributed by atoms with Gasteiger partial charge in [0.15, 0.2) is 9.84 Å². The number of aryl methyl sites for hydroxylation is 1. The zero-order valence-electron chi connectivity index (χ0n) is 21.3. The van der Waals surface area contributed by atoms with Crippen molar-refractivity contribution in [2.45, 2.75) is 78.8 Å². The standard InChI is InChI=1S/C26H26F8N2O3S/c1-22(2,35)21(37)36-20-11-12-23(40(38,39)17-7-5-16(27)6-8-17)18-10-4-15(13-14(18)3-9-19(20)23)24(28,25(29,30)31)26(32,33)34/h4-8,10,13,19-20H,3,9,11-12,35H2,1-2H3,(H,36,37)/t19-,20+,23+/m0/s1. The normalized spacial score (nSPS) is 23.9. The van der Waals surface area contributed by atoms with Crippen LogP contribution in [0.2, 0.25) is 0 Å². The maximum atomic E-state index is 14.9. The van der Waals surface area contributed by atoms with E-state index in [0.29, 0.717) is 12.1 Å². The molecule has 0 aromatic heterocycles. The highest BCUT2D eigenvalue weighted by molar-refractivity contribution is 7.92. The van der Waals surface area contributed by atoms with E-state index < -0.39 is 67.4 Å². The number of nitrogens with one attached hydrogen (secondary N) is 1. The summed E-state index contributed by atoms with van der Waals surface area (Å²) >= 11 is 0. The predicted octanol–water partition coefficient (Wildman–Crippen LogP) is 5.36. The van der Waals surface area contributed by atoms with Crippen molar-refractivity contribution in [1.82, 2.24) is 5.32 Å². The second kappa shape index (κ2) is 9.40. The van der Waals surface area contributed by atoms with E-state index in [1.165, 1.54) is 13.8 Å². The number of carbonyl (C=O) groups is 1. The molecule has 2 aromatic rings. The lowest BCUT2D eigenvalue weighted by atomic mass is 9.73. The summed E-state index contributed by atoms with van der Waals surface area (Å²) in [6.07, 6.45) is -13.0. The van der Waals surface area contributed by atoms with Gasteiger partial charge < -0.3 is 11.1 Å². The zero-order chi connectivity index (χ0) is 30.1. The number of rotatable bonds is 5. The van der Waals surface area contributed by atoms with Crippen LogP contribution in [0.25, 0.3) is 0 Å². The monoisotopic (exact) mass is 598 g/mol. The molecular formula is C26H26F8N2O3S. The van der Waals surface area contributed by atoms with Crippen molar-refractivity contribution in [3.63, 3.8) is 0 Å². The molecule has 1 fully saturated rings. The quantitative estimate of drug-likeness (QED) is 0.358. The van der Waals surface area contributed by atoms with Crippen molar-refractivity contribution >= 4 is 15.7 Å². The van der Waals surface area contributed by atoms with E-state index in [4.69, 9.17) is 5.73 Å². The van der Waals surface area contributed by atoms with Crippen molar-refractivity contribution in [1.29, 1.82) is 0 Å². The molecule has 40 heavy (non-hydrogen) atoms. The average molecular weight is 599 g/mol. The minimum atomic E-state index is -6.34. The Hall–Kier alpha value is -2.74. The maximum Gasteiger partial charge on any atom is 0.435 e. The number of halogens is 8. The molecule has 0 bridgehead atoms. The Labute approximate surface area is 225 Å². The Morgan fingerprint density at radius 1 is 0.950 bits per heavy atom. The second-order valence-corrected chi connectivity index (χ2v) is 13.1. The van der Waals surface area contributed by atoms with Crippen LogP contribution in [0.1, 0.15) is 49.8 Å². The van der Waals surface area contributed by atoms with Gasteiger partial charge in [-0.1, -0.05) is 18.2 Å². The number of hydrogen-bond donors (Lipinski definition) is 2. The third kappa shape index (κ3) is 4.47. The lowest BCUT2D eigenvalue weighted by Crippen LogP contribution is -2.55. The van der Waals surface area contributed by atoms with Gasteiger partial charge in [-0.05, 0) is 74.9 Å². The first-order valence-electron chi connectivity index (χ1n) is 12.2. The topological polar surface area (TPSA) is 89.3 Å². The number of amides is 1. The molecule has 4 rings (SSSR count). The molecule has 0 aliphatic heterocycles. The summed E-state index contributed by atoms with van der Waals surface area (Å²) in [5.41, 5.74) is -3.15. The smallest absolute Gasteiger partial charge is 0.351 e. The molecule has 2 aliphatic carbocycles. The first kappa shape index (κ1) is 30.2. The molecule has 2 aliphatic rings. The number of fused-ring (bicyclic) bond motifs is 3. The summed E-state index contributed by atoms with van der Waals surface area (Å²) < 4.78 is 136. The highest BCUT2D eigenvalue weighted by Gasteiger charge is 2.73. The molecule has 0 radical (unpaired) electrons. The summed E-state index contributed by atoms with van der Waals surface area (Å²) in [4.78, 5) is 12.3. The van der Waals surface area contributed by atoms with Crippen LogP contribution < -0.4 is 11.1 Å². The van der Waals surface area contributed by atoms with Crippen molar-refractivity contribution in [2.75, 3.05) is 0 Å². The summed E-state index contributed by atoms with van der Waals surface area (Å²) in [5.74, 6) is -2.19.